The Kier molecular flexibility index (Phi) is 4.20. The number of carbonyl (C=O) groups is 1. The minimum absolute atomic E-state index is 0.0495. The first-order valence-electron chi connectivity index (χ1n) is 6.47. The second kappa shape index (κ2) is 5.70. The first kappa shape index (κ1) is 14.0. The Balaban J connectivity index is 2.17. The number of halogens is 1. The Labute approximate surface area is 117 Å². The molecule has 1 amide bonds. The molecule has 1 aromatic rings. The highest BCUT2D eigenvalue weighted by Gasteiger charge is 2.33. The fourth-order valence-electron chi connectivity index (χ4n) is 2.53. The van der Waals surface area contributed by atoms with Gasteiger partial charge >= 0.3 is 0 Å². The molecule has 2 rings (SSSR count). The number of alkyl halides is 1. The van der Waals surface area contributed by atoms with Crippen molar-refractivity contribution in [2.75, 3.05) is 5.88 Å². The topological polar surface area (TPSA) is 69.6 Å². The summed E-state index contributed by atoms with van der Waals surface area (Å²) in [6, 6.07) is 3.90. The molecule has 1 saturated carbocycles. The molecule has 19 heavy (non-hydrogen) atoms. The van der Waals surface area contributed by atoms with Crippen LogP contribution in [0.1, 0.15) is 42.5 Å². The Morgan fingerprint density at radius 3 is 2.58 bits per heavy atom. The van der Waals surface area contributed by atoms with Gasteiger partial charge in [0, 0.05) is 5.88 Å². The molecule has 1 fully saturated rings. The Hall–Kier alpha value is -1.42. The smallest absolute Gasteiger partial charge is 0.255 e. The molecule has 1 aliphatic carbocycles. The average molecular weight is 284 g/mol. The molecule has 5 heteroatoms. The molecule has 0 unspecified atom stereocenters. The summed E-state index contributed by atoms with van der Waals surface area (Å²) >= 11 is 6.01. The summed E-state index contributed by atoms with van der Waals surface area (Å²) in [6.45, 7) is 0. The van der Waals surface area contributed by atoms with E-state index < -0.39 is 11.4 Å². The summed E-state index contributed by atoms with van der Waals surface area (Å²) in [6.07, 6.45) is 4.94. The zero-order chi connectivity index (χ0) is 13.9. The lowest BCUT2D eigenvalue weighted by Crippen LogP contribution is -2.51. The fourth-order valence-corrected chi connectivity index (χ4v) is 2.87. The summed E-state index contributed by atoms with van der Waals surface area (Å²) in [7, 11) is 0. The maximum Gasteiger partial charge on any atom is 0.255 e. The number of amides is 1. The monoisotopic (exact) mass is 283 g/mol. The predicted molar refractivity (Wildman–Crippen MR) is 73.8 cm³/mol. The highest BCUT2D eigenvalue weighted by atomic mass is 35.5. The van der Waals surface area contributed by atoms with E-state index in [1.54, 1.807) is 0 Å². The van der Waals surface area contributed by atoms with E-state index in [1.165, 1.54) is 18.2 Å². The van der Waals surface area contributed by atoms with Crippen LogP contribution in [0.5, 0.6) is 11.5 Å². The van der Waals surface area contributed by atoms with Crippen molar-refractivity contribution in [3.05, 3.63) is 23.8 Å². The minimum Gasteiger partial charge on any atom is -0.508 e. The third-order valence-electron chi connectivity index (χ3n) is 3.67. The van der Waals surface area contributed by atoms with Crippen LogP contribution in [0.3, 0.4) is 0 Å². The van der Waals surface area contributed by atoms with E-state index in [9.17, 15) is 15.0 Å². The standard InChI is InChI=1S/C14H18ClNO3/c15-9-14(6-2-1-3-7-14)16-13(19)11-8-10(17)4-5-12(11)18/h4-5,8,17-18H,1-3,6-7,9H2,(H,16,19). The predicted octanol–water partition coefficient (Wildman–Crippen LogP) is 2.77. The van der Waals surface area contributed by atoms with Crippen LogP contribution in [-0.4, -0.2) is 27.5 Å². The summed E-state index contributed by atoms with van der Waals surface area (Å²) < 4.78 is 0. The molecule has 0 atom stereocenters. The van der Waals surface area contributed by atoms with Crippen LogP contribution in [-0.2, 0) is 0 Å². The molecule has 3 N–H and O–H groups in total. The second-order valence-electron chi connectivity index (χ2n) is 5.13. The molecular formula is C14H18ClNO3. The fraction of sp³-hybridized carbons (Fsp3) is 0.500. The average Bonchev–Trinajstić information content (AvgIpc) is 2.42. The van der Waals surface area contributed by atoms with E-state index in [4.69, 9.17) is 11.6 Å². The minimum atomic E-state index is -0.394. The van der Waals surface area contributed by atoms with Gasteiger partial charge in [0.25, 0.3) is 5.91 Å². The molecule has 0 radical (unpaired) electrons. The third-order valence-corrected chi connectivity index (χ3v) is 4.18. The van der Waals surface area contributed by atoms with Crippen LogP contribution in [0.4, 0.5) is 0 Å². The van der Waals surface area contributed by atoms with Crippen molar-refractivity contribution < 1.29 is 15.0 Å². The van der Waals surface area contributed by atoms with Crippen molar-refractivity contribution in [1.29, 1.82) is 0 Å². The Bertz CT molecular complexity index is 470. The lowest BCUT2D eigenvalue weighted by atomic mass is 9.83. The molecule has 104 valence electrons. The van der Waals surface area contributed by atoms with Crippen molar-refractivity contribution in [3.8, 4) is 11.5 Å². The van der Waals surface area contributed by atoms with Crippen molar-refractivity contribution in [3.63, 3.8) is 0 Å². The molecule has 1 aromatic carbocycles. The van der Waals surface area contributed by atoms with Crippen molar-refractivity contribution in [1.82, 2.24) is 5.32 Å². The number of phenolic OH excluding ortho intramolecular Hbond substituents is 2. The van der Waals surface area contributed by atoms with Gasteiger partial charge in [-0.05, 0) is 31.0 Å². The number of phenols is 2. The molecule has 0 bridgehead atoms. The van der Waals surface area contributed by atoms with E-state index in [1.807, 2.05) is 0 Å². The van der Waals surface area contributed by atoms with Gasteiger partial charge in [0.05, 0.1) is 11.1 Å². The number of hydrogen-bond donors (Lipinski definition) is 3. The van der Waals surface area contributed by atoms with E-state index in [2.05, 4.69) is 5.32 Å². The van der Waals surface area contributed by atoms with Crippen molar-refractivity contribution in [2.45, 2.75) is 37.6 Å². The number of rotatable bonds is 3. The Morgan fingerprint density at radius 2 is 1.95 bits per heavy atom. The van der Waals surface area contributed by atoms with Gasteiger partial charge in [0.1, 0.15) is 11.5 Å². The highest BCUT2D eigenvalue weighted by Crippen LogP contribution is 2.30. The zero-order valence-electron chi connectivity index (χ0n) is 10.7. The number of nitrogens with one attached hydrogen (secondary N) is 1. The van der Waals surface area contributed by atoms with Crippen molar-refractivity contribution >= 4 is 17.5 Å². The quantitative estimate of drug-likeness (QED) is 0.590. The second-order valence-corrected chi connectivity index (χ2v) is 5.40. The van der Waals surface area contributed by atoms with E-state index in [-0.39, 0.29) is 17.1 Å². The van der Waals surface area contributed by atoms with Crippen LogP contribution in [0, 0.1) is 0 Å². The molecule has 4 nitrogen and oxygen atoms in total. The summed E-state index contributed by atoms with van der Waals surface area (Å²) in [5.41, 5.74) is -0.315. The molecule has 0 saturated heterocycles. The van der Waals surface area contributed by atoms with Gasteiger partial charge < -0.3 is 15.5 Å². The molecule has 0 heterocycles. The highest BCUT2D eigenvalue weighted by molar-refractivity contribution is 6.19. The van der Waals surface area contributed by atoms with E-state index in [0.29, 0.717) is 5.88 Å². The van der Waals surface area contributed by atoms with Gasteiger partial charge in [-0.25, -0.2) is 0 Å². The largest absolute Gasteiger partial charge is 0.508 e. The molecule has 0 aliphatic heterocycles. The van der Waals surface area contributed by atoms with Gasteiger partial charge in [-0.1, -0.05) is 19.3 Å². The van der Waals surface area contributed by atoms with Gasteiger partial charge in [0.2, 0.25) is 0 Å². The molecular weight excluding hydrogens is 266 g/mol. The summed E-state index contributed by atoms with van der Waals surface area (Å²) in [5.74, 6) is -0.225. The SMILES string of the molecule is O=C(NC1(CCl)CCCCC1)c1cc(O)ccc1O. The van der Waals surface area contributed by atoms with E-state index >= 15 is 0 Å². The normalized spacial score (nSPS) is 17.9. The lowest BCUT2D eigenvalue weighted by molar-refractivity contribution is 0.0881. The van der Waals surface area contributed by atoms with Crippen LogP contribution in [0.2, 0.25) is 0 Å². The summed E-state index contributed by atoms with van der Waals surface area (Å²) in [4.78, 5) is 12.2. The van der Waals surface area contributed by atoms with Gasteiger partial charge in [-0.15, -0.1) is 11.6 Å². The van der Waals surface area contributed by atoms with Gasteiger partial charge in [-0.3, -0.25) is 4.79 Å². The van der Waals surface area contributed by atoms with Crippen LogP contribution in [0.15, 0.2) is 18.2 Å². The third kappa shape index (κ3) is 3.13. The van der Waals surface area contributed by atoms with Crippen LogP contribution < -0.4 is 5.32 Å². The van der Waals surface area contributed by atoms with Crippen molar-refractivity contribution in [2.24, 2.45) is 0 Å². The summed E-state index contributed by atoms with van der Waals surface area (Å²) in [5, 5.41) is 22.0. The van der Waals surface area contributed by atoms with Crippen LogP contribution >= 0.6 is 11.6 Å². The molecule has 0 spiro atoms. The number of aromatic hydroxyl groups is 2. The maximum absolute atomic E-state index is 12.2. The molecule has 1 aliphatic rings. The number of hydrogen-bond acceptors (Lipinski definition) is 3. The molecule has 0 aromatic heterocycles. The number of benzene rings is 1. The first-order valence-corrected chi connectivity index (χ1v) is 7.00. The van der Waals surface area contributed by atoms with Gasteiger partial charge in [0.15, 0.2) is 0 Å². The maximum atomic E-state index is 12.2. The van der Waals surface area contributed by atoms with Gasteiger partial charge in [-0.2, -0.15) is 0 Å². The lowest BCUT2D eigenvalue weighted by Gasteiger charge is -2.36. The number of carbonyl (C=O) groups excluding carboxylic acids is 1. The first-order chi connectivity index (χ1) is 9.06. The van der Waals surface area contributed by atoms with E-state index in [0.717, 1.165) is 32.1 Å². The van der Waals surface area contributed by atoms with Crippen LogP contribution in [0.25, 0.3) is 0 Å². The Morgan fingerprint density at radius 1 is 1.26 bits per heavy atom. The zero-order valence-corrected chi connectivity index (χ0v) is 11.4.